The maximum absolute atomic E-state index is 2.31. The molecule has 0 spiro atoms. The summed E-state index contributed by atoms with van der Waals surface area (Å²) in [5.41, 5.74) is 3.71. The maximum Gasteiger partial charge on any atom is 0.169 e. The highest BCUT2D eigenvalue weighted by atomic mass is 33.1. The number of benzene rings is 1. The number of unbranched alkanes of at least 4 members (excludes halogenated alkanes) is 7. The molecule has 0 unspecified atom stereocenters. The molecule has 0 aliphatic heterocycles. The Bertz CT molecular complexity index is 739. The van der Waals surface area contributed by atoms with Crippen molar-refractivity contribution in [1.82, 2.24) is 0 Å². The lowest BCUT2D eigenvalue weighted by molar-refractivity contribution is -0.697. The third kappa shape index (κ3) is 12.0. The van der Waals surface area contributed by atoms with E-state index in [1.54, 1.807) is 0 Å². The molecule has 0 bridgehead atoms. The van der Waals surface area contributed by atoms with E-state index in [0.717, 1.165) is 6.54 Å². The predicted molar refractivity (Wildman–Crippen MR) is 148 cm³/mol. The van der Waals surface area contributed by atoms with Crippen molar-refractivity contribution in [2.75, 3.05) is 30.5 Å². The molecule has 1 heterocycles. The van der Waals surface area contributed by atoms with Crippen LogP contribution < -0.4 is 9.47 Å². The molecule has 4 heteroatoms. The summed E-state index contributed by atoms with van der Waals surface area (Å²) in [6.45, 7) is 3.40. The van der Waals surface area contributed by atoms with Crippen LogP contribution in [0.1, 0.15) is 75.8 Å². The van der Waals surface area contributed by atoms with Crippen molar-refractivity contribution >= 4 is 39.4 Å². The summed E-state index contributed by atoms with van der Waals surface area (Å²) >= 11 is 0. The first-order valence-corrected chi connectivity index (χ1v) is 14.9. The molecule has 0 amide bonds. The Morgan fingerprint density at radius 2 is 1.22 bits per heavy atom. The van der Waals surface area contributed by atoms with Crippen molar-refractivity contribution < 1.29 is 4.57 Å². The molecule has 2 aromatic rings. The molecule has 0 N–H and O–H groups in total. The third-order valence-electron chi connectivity index (χ3n) is 5.60. The molecule has 0 aliphatic rings. The quantitative estimate of drug-likeness (QED) is 0.131. The molecule has 2 rings (SSSR count). The van der Waals surface area contributed by atoms with Crippen LogP contribution in [-0.4, -0.2) is 25.6 Å². The summed E-state index contributed by atoms with van der Waals surface area (Å²) in [5, 5.41) is 0. The first-order valence-electron chi connectivity index (χ1n) is 12.4. The van der Waals surface area contributed by atoms with Gasteiger partial charge in [-0.25, -0.2) is 4.57 Å². The van der Waals surface area contributed by atoms with Crippen LogP contribution in [0.4, 0.5) is 5.69 Å². The van der Waals surface area contributed by atoms with Crippen molar-refractivity contribution in [3.8, 4) is 0 Å². The van der Waals surface area contributed by atoms with Gasteiger partial charge in [-0.3, -0.25) is 0 Å². The molecule has 0 saturated heterocycles. The van der Waals surface area contributed by atoms with E-state index in [4.69, 9.17) is 0 Å². The van der Waals surface area contributed by atoms with Gasteiger partial charge in [-0.2, -0.15) is 0 Å². The van der Waals surface area contributed by atoms with Gasteiger partial charge in [0.25, 0.3) is 0 Å². The summed E-state index contributed by atoms with van der Waals surface area (Å²) in [6, 6.07) is 13.1. The molecule has 2 nitrogen and oxygen atoms in total. The highest BCUT2D eigenvalue weighted by Gasteiger charge is 2.01. The van der Waals surface area contributed by atoms with Crippen molar-refractivity contribution in [1.29, 1.82) is 0 Å². The molecule has 0 fully saturated rings. The highest BCUT2D eigenvalue weighted by molar-refractivity contribution is 8.76. The minimum Gasteiger partial charge on any atom is -0.378 e. The molecule has 0 saturated carbocycles. The second kappa shape index (κ2) is 17.1. The summed E-state index contributed by atoms with van der Waals surface area (Å²) in [7, 11) is 8.30. The lowest BCUT2D eigenvalue weighted by Gasteiger charge is -2.11. The Morgan fingerprint density at radius 1 is 0.688 bits per heavy atom. The van der Waals surface area contributed by atoms with Gasteiger partial charge in [0, 0.05) is 49.8 Å². The summed E-state index contributed by atoms with van der Waals surface area (Å²) in [4.78, 5) is 2.12. The predicted octanol–water partition coefficient (Wildman–Crippen LogP) is 8.12. The normalized spacial score (nSPS) is 11.3. The monoisotopic (exact) mass is 471 g/mol. The van der Waals surface area contributed by atoms with Crippen LogP contribution in [0.3, 0.4) is 0 Å². The lowest BCUT2D eigenvalue weighted by Crippen LogP contribution is -2.32. The van der Waals surface area contributed by atoms with Gasteiger partial charge in [-0.15, -0.1) is 0 Å². The van der Waals surface area contributed by atoms with E-state index in [1.807, 2.05) is 0 Å². The summed E-state index contributed by atoms with van der Waals surface area (Å²) in [5.74, 6) is 2.64. The number of rotatable bonds is 17. The van der Waals surface area contributed by atoms with E-state index >= 15 is 0 Å². The number of aryl methyl sites for hydroxylation is 1. The second-order valence-electron chi connectivity index (χ2n) is 8.66. The van der Waals surface area contributed by atoms with Crippen molar-refractivity contribution in [3.05, 3.63) is 59.9 Å². The van der Waals surface area contributed by atoms with Crippen LogP contribution in [0.5, 0.6) is 0 Å². The smallest absolute Gasteiger partial charge is 0.169 e. The van der Waals surface area contributed by atoms with E-state index < -0.39 is 0 Å². The number of pyridine rings is 1. The number of hydrogen-bond donors (Lipinski definition) is 0. The zero-order chi connectivity index (χ0) is 22.9. The molecule has 0 radical (unpaired) electrons. The molecule has 1 aromatic carbocycles. The third-order valence-corrected chi connectivity index (χ3v) is 8.18. The number of hydrogen-bond acceptors (Lipinski definition) is 3. The van der Waals surface area contributed by atoms with E-state index in [9.17, 15) is 0 Å². The zero-order valence-electron chi connectivity index (χ0n) is 20.5. The Morgan fingerprint density at radius 3 is 1.78 bits per heavy atom. The molecule has 0 atom stereocenters. The van der Waals surface area contributed by atoms with Crippen molar-refractivity contribution in [2.24, 2.45) is 0 Å². The van der Waals surface area contributed by atoms with Crippen LogP contribution in [0.25, 0.3) is 12.2 Å². The average Bonchev–Trinajstić information content (AvgIpc) is 2.81. The van der Waals surface area contributed by atoms with Crippen LogP contribution in [0.2, 0.25) is 0 Å². The summed E-state index contributed by atoms with van der Waals surface area (Å²) in [6.07, 6.45) is 21.1. The largest absolute Gasteiger partial charge is 0.378 e. The van der Waals surface area contributed by atoms with E-state index in [2.05, 4.69) is 113 Å². The molecular weight excluding hydrogens is 428 g/mol. The van der Waals surface area contributed by atoms with Crippen LogP contribution in [0, 0.1) is 0 Å². The molecule has 32 heavy (non-hydrogen) atoms. The highest BCUT2D eigenvalue weighted by Crippen LogP contribution is 2.24. The fraction of sp³-hybridized carbons (Fsp3) is 0.536. The van der Waals surface area contributed by atoms with Gasteiger partial charge in [-0.05, 0) is 42.5 Å². The second-order valence-corrected chi connectivity index (χ2v) is 11.4. The number of nitrogens with zero attached hydrogens (tertiary/aromatic N) is 2. The summed E-state index contributed by atoms with van der Waals surface area (Å²) < 4.78 is 2.31. The molecule has 0 aliphatic carbocycles. The van der Waals surface area contributed by atoms with Gasteiger partial charge in [0.05, 0.1) is 0 Å². The minimum absolute atomic E-state index is 1.12. The molecular formula is C28H43N2S2+. The first kappa shape index (κ1) is 26.9. The minimum atomic E-state index is 1.12. The molecule has 1 aromatic heterocycles. The molecule has 176 valence electrons. The Labute approximate surface area is 205 Å². The van der Waals surface area contributed by atoms with Crippen molar-refractivity contribution in [2.45, 2.75) is 71.3 Å². The topological polar surface area (TPSA) is 7.12 Å². The standard InChI is InChI=1S/C28H43N2S2/c1-4-5-6-8-11-24-31-32-25-12-9-7-10-21-30-22-19-27(20-23-30)14-13-26-15-17-28(18-16-26)29(2)3/h13-20,22-23H,4-12,21,24-25H2,1-3H3/q+1. The Hall–Kier alpha value is -1.39. The van der Waals surface area contributed by atoms with Gasteiger partial charge in [-0.1, -0.05) is 84.9 Å². The van der Waals surface area contributed by atoms with E-state index in [0.29, 0.717) is 0 Å². The van der Waals surface area contributed by atoms with Gasteiger partial charge in [0.1, 0.15) is 6.54 Å². The van der Waals surface area contributed by atoms with Gasteiger partial charge >= 0.3 is 0 Å². The SMILES string of the molecule is CCCCCCCSSCCCCCC[n+]1ccc(/C=C/c2ccc(N(C)C)cc2)cc1. The average molecular weight is 472 g/mol. The van der Waals surface area contributed by atoms with E-state index in [1.165, 1.54) is 86.1 Å². The van der Waals surface area contributed by atoms with Gasteiger partial charge in [0.15, 0.2) is 12.4 Å². The van der Waals surface area contributed by atoms with Crippen LogP contribution in [0.15, 0.2) is 48.8 Å². The first-order chi connectivity index (χ1) is 15.7. The Kier molecular flexibility index (Phi) is 14.4. The lowest BCUT2D eigenvalue weighted by atomic mass is 10.1. The fourth-order valence-electron chi connectivity index (χ4n) is 3.50. The fourth-order valence-corrected chi connectivity index (χ4v) is 5.79. The van der Waals surface area contributed by atoms with Crippen molar-refractivity contribution in [3.63, 3.8) is 0 Å². The van der Waals surface area contributed by atoms with Crippen LogP contribution >= 0.6 is 21.6 Å². The number of anilines is 1. The van der Waals surface area contributed by atoms with E-state index in [-0.39, 0.29) is 0 Å². The van der Waals surface area contributed by atoms with Gasteiger partial charge < -0.3 is 4.90 Å². The number of aromatic nitrogens is 1. The van der Waals surface area contributed by atoms with Crippen LogP contribution in [-0.2, 0) is 6.54 Å². The maximum atomic E-state index is 2.31. The van der Waals surface area contributed by atoms with Gasteiger partial charge in [0.2, 0.25) is 0 Å². The Balaban J connectivity index is 1.52. The zero-order valence-corrected chi connectivity index (χ0v) is 22.1.